The Bertz CT molecular complexity index is 388. The summed E-state index contributed by atoms with van der Waals surface area (Å²) in [4.78, 5) is 2.53. The predicted molar refractivity (Wildman–Crippen MR) is 84.1 cm³/mol. The summed E-state index contributed by atoms with van der Waals surface area (Å²) >= 11 is 0. The van der Waals surface area contributed by atoms with Gasteiger partial charge in [0, 0.05) is 25.7 Å². The fourth-order valence-electron chi connectivity index (χ4n) is 2.91. The zero-order valence-electron chi connectivity index (χ0n) is 13.1. The molecule has 1 aliphatic heterocycles. The van der Waals surface area contributed by atoms with E-state index in [1.54, 1.807) is 0 Å². The number of rotatable bonds is 6. The fourth-order valence-corrected chi connectivity index (χ4v) is 2.91. The minimum atomic E-state index is 0.315. The molecule has 1 fully saturated rings. The Kier molecular flexibility index (Phi) is 6.02. The Morgan fingerprint density at radius 3 is 2.75 bits per heavy atom. The van der Waals surface area contributed by atoms with Crippen LogP contribution in [0, 0.1) is 0 Å². The van der Waals surface area contributed by atoms with Gasteiger partial charge in [0.05, 0.1) is 12.7 Å². The van der Waals surface area contributed by atoms with Crippen molar-refractivity contribution >= 4 is 0 Å². The van der Waals surface area contributed by atoms with Crippen LogP contribution in [0.4, 0.5) is 0 Å². The number of likely N-dealkylation sites (N-methyl/N-ethyl adjacent to an activating group) is 1. The van der Waals surface area contributed by atoms with Crippen molar-refractivity contribution < 1.29 is 4.74 Å². The summed E-state index contributed by atoms with van der Waals surface area (Å²) < 4.78 is 5.78. The lowest BCUT2D eigenvalue weighted by Crippen LogP contribution is -2.46. The molecule has 0 spiro atoms. The smallest absolute Gasteiger partial charge is 0.0826 e. The molecule has 0 saturated carbocycles. The number of aryl methyl sites for hydroxylation is 1. The highest BCUT2D eigenvalue weighted by atomic mass is 16.5. The maximum absolute atomic E-state index is 5.78. The first-order chi connectivity index (χ1) is 9.74. The van der Waals surface area contributed by atoms with Gasteiger partial charge in [0.15, 0.2) is 0 Å². The molecule has 0 aliphatic carbocycles. The van der Waals surface area contributed by atoms with Crippen LogP contribution in [0.25, 0.3) is 0 Å². The van der Waals surface area contributed by atoms with Crippen LogP contribution in [0.5, 0.6) is 0 Å². The standard InChI is InChI=1S/C17H28N2O/c1-4-5-15-6-8-16(9-7-15)14(2)19-10-11-20-17(13-19)12-18-3/h6-9,14,17-18H,4-5,10-13H2,1-3H3. The van der Waals surface area contributed by atoms with E-state index in [1.165, 1.54) is 24.0 Å². The normalized spacial score (nSPS) is 21.9. The van der Waals surface area contributed by atoms with Crippen molar-refractivity contribution in [2.24, 2.45) is 0 Å². The second-order valence-electron chi connectivity index (χ2n) is 5.71. The van der Waals surface area contributed by atoms with E-state index >= 15 is 0 Å². The first-order valence-electron chi connectivity index (χ1n) is 7.83. The zero-order valence-corrected chi connectivity index (χ0v) is 13.1. The minimum Gasteiger partial charge on any atom is -0.374 e. The largest absolute Gasteiger partial charge is 0.374 e. The van der Waals surface area contributed by atoms with E-state index in [2.05, 4.69) is 48.3 Å². The molecule has 112 valence electrons. The zero-order chi connectivity index (χ0) is 14.4. The fraction of sp³-hybridized carbons (Fsp3) is 0.647. The molecule has 1 N–H and O–H groups in total. The Morgan fingerprint density at radius 1 is 1.35 bits per heavy atom. The average molecular weight is 276 g/mol. The van der Waals surface area contributed by atoms with E-state index in [-0.39, 0.29) is 0 Å². The summed E-state index contributed by atoms with van der Waals surface area (Å²) in [6, 6.07) is 9.60. The molecule has 3 nitrogen and oxygen atoms in total. The van der Waals surface area contributed by atoms with Crippen LogP contribution >= 0.6 is 0 Å². The van der Waals surface area contributed by atoms with Gasteiger partial charge in [-0.1, -0.05) is 37.6 Å². The maximum Gasteiger partial charge on any atom is 0.0826 e. The van der Waals surface area contributed by atoms with Crippen LogP contribution in [-0.4, -0.2) is 44.3 Å². The summed E-state index contributed by atoms with van der Waals surface area (Å²) in [5.41, 5.74) is 2.86. The molecule has 1 aromatic rings. The highest BCUT2D eigenvalue weighted by Crippen LogP contribution is 2.23. The van der Waals surface area contributed by atoms with Gasteiger partial charge in [0.2, 0.25) is 0 Å². The van der Waals surface area contributed by atoms with E-state index in [1.807, 2.05) is 7.05 Å². The van der Waals surface area contributed by atoms with Crippen LogP contribution in [0.1, 0.15) is 37.4 Å². The van der Waals surface area contributed by atoms with E-state index in [0.29, 0.717) is 12.1 Å². The maximum atomic E-state index is 5.78. The van der Waals surface area contributed by atoms with Gasteiger partial charge in [-0.3, -0.25) is 4.90 Å². The van der Waals surface area contributed by atoms with Gasteiger partial charge in [-0.25, -0.2) is 0 Å². The highest BCUT2D eigenvalue weighted by molar-refractivity contribution is 5.25. The van der Waals surface area contributed by atoms with Crippen LogP contribution in [0.2, 0.25) is 0 Å². The first-order valence-corrected chi connectivity index (χ1v) is 7.83. The quantitative estimate of drug-likeness (QED) is 0.864. The Morgan fingerprint density at radius 2 is 2.10 bits per heavy atom. The van der Waals surface area contributed by atoms with Gasteiger partial charge in [-0.2, -0.15) is 0 Å². The molecular formula is C17H28N2O. The van der Waals surface area contributed by atoms with Crippen molar-refractivity contribution in [3.05, 3.63) is 35.4 Å². The summed E-state index contributed by atoms with van der Waals surface area (Å²) in [6.45, 7) is 8.34. The van der Waals surface area contributed by atoms with Gasteiger partial charge in [0.1, 0.15) is 0 Å². The molecule has 3 heteroatoms. The molecular weight excluding hydrogens is 248 g/mol. The molecule has 1 heterocycles. The van der Waals surface area contributed by atoms with E-state index in [4.69, 9.17) is 4.74 Å². The third-order valence-electron chi connectivity index (χ3n) is 4.15. The highest BCUT2D eigenvalue weighted by Gasteiger charge is 2.24. The van der Waals surface area contributed by atoms with Crippen molar-refractivity contribution in [1.82, 2.24) is 10.2 Å². The van der Waals surface area contributed by atoms with Crippen LogP contribution in [0.3, 0.4) is 0 Å². The van der Waals surface area contributed by atoms with Gasteiger partial charge in [-0.15, -0.1) is 0 Å². The van der Waals surface area contributed by atoms with Gasteiger partial charge >= 0.3 is 0 Å². The lowest BCUT2D eigenvalue weighted by atomic mass is 10.0. The monoisotopic (exact) mass is 276 g/mol. The van der Waals surface area contributed by atoms with E-state index in [9.17, 15) is 0 Å². The predicted octanol–water partition coefficient (Wildman–Crippen LogP) is 2.62. The Labute approximate surface area is 123 Å². The number of hydrogen-bond donors (Lipinski definition) is 1. The average Bonchev–Trinajstić information content (AvgIpc) is 2.48. The summed E-state index contributed by atoms with van der Waals surface area (Å²) in [7, 11) is 1.98. The van der Waals surface area contributed by atoms with Crippen molar-refractivity contribution in [1.29, 1.82) is 0 Å². The van der Waals surface area contributed by atoms with Crippen LogP contribution in [-0.2, 0) is 11.2 Å². The Hall–Kier alpha value is -0.900. The molecule has 0 aromatic heterocycles. The molecule has 20 heavy (non-hydrogen) atoms. The second-order valence-corrected chi connectivity index (χ2v) is 5.71. The van der Waals surface area contributed by atoms with Crippen LogP contribution in [0.15, 0.2) is 24.3 Å². The number of benzene rings is 1. The number of ether oxygens (including phenoxy) is 1. The minimum absolute atomic E-state index is 0.315. The van der Waals surface area contributed by atoms with Crippen LogP contribution < -0.4 is 5.32 Å². The number of nitrogens with one attached hydrogen (secondary N) is 1. The lowest BCUT2D eigenvalue weighted by Gasteiger charge is -2.37. The third kappa shape index (κ3) is 4.05. The third-order valence-corrected chi connectivity index (χ3v) is 4.15. The molecule has 1 aromatic carbocycles. The summed E-state index contributed by atoms with van der Waals surface area (Å²) in [6.07, 6.45) is 2.70. The molecule has 1 aliphatic rings. The molecule has 0 radical (unpaired) electrons. The molecule has 0 amide bonds. The van der Waals surface area contributed by atoms with Crippen molar-refractivity contribution in [2.75, 3.05) is 33.3 Å². The number of morpholine rings is 1. The van der Waals surface area contributed by atoms with Crippen molar-refractivity contribution in [3.8, 4) is 0 Å². The molecule has 1 saturated heterocycles. The van der Waals surface area contributed by atoms with Crippen molar-refractivity contribution in [3.63, 3.8) is 0 Å². The summed E-state index contributed by atoms with van der Waals surface area (Å²) in [5, 5.41) is 3.21. The number of hydrogen-bond acceptors (Lipinski definition) is 3. The lowest BCUT2D eigenvalue weighted by molar-refractivity contribution is -0.0393. The van der Waals surface area contributed by atoms with E-state index in [0.717, 1.165) is 26.2 Å². The second kappa shape index (κ2) is 7.77. The van der Waals surface area contributed by atoms with Gasteiger partial charge in [0.25, 0.3) is 0 Å². The van der Waals surface area contributed by atoms with Crippen molar-refractivity contribution in [2.45, 2.75) is 38.8 Å². The molecule has 2 rings (SSSR count). The van der Waals surface area contributed by atoms with Gasteiger partial charge < -0.3 is 10.1 Å². The van der Waals surface area contributed by atoms with Gasteiger partial charge in [-0.05, 0) is 31.5 Å². The first kappa shape index (κ1) is 15.5. The molecule has 0 bridgehead atoms. The topological polar surface area (TPSA) is 24.5 Å². The van der Waals surface area contributed by atoms with E-state index < -0.39 is 0 Å². The SMILES string of the molecule is CCCc1ccc(C(C)N2CCOC(CNC)C2)cc1. The molecule has 2 atom stereocenters. The Balaban J connectivity index is 1.97. The molecule has 2 unspecified atom stereocenters. The summed E-state index contributed by atoms with van der Waals surface area (Å²) in [5.74, 6) is 0. The number of nitrogens with zero attached hydrogens (tertiary/aromatic N) is 1.